The van der Waals surface area contributed by atoms with E-state index in [1.807, 2.05) is 41.8 Å². The zero-order valence-corrected chi connectivity index (χ0v) is 20.8. The Morgan fingerprint density at radius 3 is 2.59 bits per heavy atom. The third kappa shape index (κ3) is 4.56. The first-order valence-electron chi connectivity index (χ1n) is 11.4. The molecule has 2 atom stereocenters. The summed E-state index contributed by atoms with van der Waals surface area (Å²) >= 11 is 5.79. The van der Waals surface area contributed by atoms with Crippen molar-refractivity contribution in [2.24, 2.45) is 0 Å². The lowest BCUT2D eigenvalue weighted by atomic mass is 9.96. The Morgan fingerprint density at radius 1 is 1.18 bits per heavy atom. The molecule has 178 valence electrons. The first-order valence-corrected chi connectivity index (χ1v) is 11.8. The Morgan fingerprint density at radius 2 is 1.91 bits per heavy atom. The second-order valence-corrected chi connectivity index (χ2v) is 9.35. The van der Waals surface area contributed by atoms with E-state index in [0.29, 0.717) is 5.69 Å². The number of aromatic nitrogens is 2. The molecule has 4 rings (SSSR count). The quantitative estimate of drug-likeness (QED) is 0.473. The molecule has 3 heterocycles. The summed E-state index contributed by atoms with van der Waals surface area (Å²) in [6.45, 7) is 5.84. The van der Waals surface area contributed by atoms with E-state index in [1.54, 1.807) is 18.3 Å². The number of benzene rings is 1. The van der Waals surface area contributed by atoms with Crippen LogP contribution in [0.15, 0.2) is 54.7 Å². The molecule has 1 aromatic carbocycles. The lowest BCUT2D eigenvalue weighted by molar-refractivity contribution is 0.0697. The van der Waals surface area contributed by atoms with E-state index >= 15 is 0 Å². The molecule has 0 spiro atoms. The summed E-state index contributed by atoms with van der Waals surface area (Å²) in [6, 6.07) is 15.1. The maximum absolute atomic E-state index is 11.9. The van der Waals surface area contributed by atoms with Gasteiger partial charge < -0.3 is 24.8 Å². The summed E-state index contributed by atoms with van der Waals surface area (Å²) in [6.07, 6.45) is 2.78. The Labute approximate surface area is 206 Å². The van der Waals surface area contributed by atoms with Gasteiger partial charge in [0.15, 0.2) is 5.11 Å². The van der Waals surface area contributed by atoms with Gasteiger partial charge in [-0.15, -0.1) is 0 Å². The van der Waals surface area contributed by atoms with Crippen molar-refractivity contribution >= 4 is 23.3 Å². The van der Waals surface area contributed by atoms with E-state index in [9.17, 15) is 9.90 Å². The van der Waals surface area contributed by atoms with Gasteiger partial charge in [0.05, 0.1) is 29.0 Å². The third-order valence-corrected chi connectivity index (χ3v) is 6.72. The van der Waals surface area contributed by atoms with Crippen LogP contribution in [0.4, 0.5) is 0 Å². The lowest BCUT2D eigenvalue weighted by Crippen LogP contribution is -2.32. The predicted octanol–water partition coefficient (Wildman–Crippen LogP) is 4.11. The van der Waals surface area contributed by atoms with Crippen molar-refractivity contribution in [1.29, 1.82) is 0 Å². The molecule has 1 aliphatic rings. The van der Waals surface area contributed by atoms with Crippen LogP contribution in [0.3, 0.4) is 0 Å². The molecule has 2 N–H and O–H groups in total. The molecule has 0 amide bonds. The number of aromatic carboxylic acids is 1. The summed E-state index contributed by atoms with van der Waals surface area (Å²) < 4.78 is 2.04. The highest BCUT2D eigenvalue weighted by Crippen LogP contribution is 2.41. The van der Waals surface area contributed by atoms with E-state index in [2.05, 4.69) is 47.2 Å². The Balaban J connectivity index is 1.81. The minimum Gasteiger partial charge on any atom is -0.478 e. The van der Waals surface area contributed by atoms with Gasteiger partial charge in [0.1, 0.15) is 0 Å². The van der Waals surface area contributed by atoms with Crippen molar-refractivity contribution in [3.05, 3.63) is 82.9 Å². The molecule has 7 nitrogen and oxygen atoms in total. The van der Waals surface area contributed by atoms with E-state index in [4.69, 9.17) is 12.2 Å². The van der Waals surface area contributed by atoms with Crippen molar-refractivity contribution in [2.75, 3.05) is 27.2 Å². The van der Waals surface area contributed by atoms with Crippen LogP contribution in [0.5, 0.6) is 0 Å². The molecule has 3 aromatic rings. The molecule has 8 heteroatoms. The summed E-state index contributed by atoms with van der Waals surface area (Å²) in [5.74, 6) is -0.940. The van der Waals surface area contributed by atoms with Gasteiger partial charge in [0.2, 0.25) is 0 Å². The normalized spacial score (nSPS) is 17.9. The van der Waals surface area contributed by atoms with Crippen molar-refractivity contribution in [1.82, 2.24) is 24.7 Å². The van der Waals surface area contributed by atoms with Crippen LogP contribution in [0.25, 0.3) is 5.69 Å². The largest absolute Gasteiger partial charge is 0.478 e. The van der Waals surface area contributed by atoms with Crippen molar-refractivity contribution in [3.63, 3.8) is 0 Å². The van der Waals surface area contributed by atoms with E-state index in [-0.39, 0.29) is 17.6 Å². The van der Waals surface area contributed by atoms with E-state index in [1.165, 1.54) is 0 Å². The highest BCUT2D eigenvalue weighted by atomic mass is 32.1. The maximum Gasteiger partial charge on any atom is 0.337 e. The summed E-state index contributed by atoms with van der Waals surface area (Å²) in [5, 5.41) is 14.0. The van der Waals surface area contributed by atoms with E-state index < -0.39 is 5.97 Å². The van der Waals surface area contributed by atoms with E-state index in [0.717, 1.165) is 47.3 Å². The summed E-state index contributed by atoms with van der Waals surface area (Å²) in [5.41, 5.74) is 4.97. The van der Waals surface area contributed by atoms with Gasteiger partial charge in [0, 0.05) is 24.1 Å². The number of pyridine rings is 1. The fourth-order valence-electron chi connectivity index (χ4n) is 4.85. The average Bonchev–Trinajstić information content (AvgIpc) is 3.29. The van der Waals surface area contributed by atoms with Crippen LogP contribution in [0.2, 0.25) is 0 Å². The van der Waals surface area contributed by atoms with Crippen LogP contribution < -0.4 is 5.32 Å². The fourth-order valence-corrected chi connectivity index (χ4v) is 5.18. The SMILES string of the molecule is Cc1cc([C@H]2[C@H](c3ccccn3)NC(=S)N2CCCN(C)C)c(C)n1-c1ccccc1C(=O)O. The van der Waals surface area contributed by atoms with Crippen LogP contribution in [0.1, 0.15) is 51.5 Å². The highest BCUT2D eigenvalue weighted by Gasteiger charge is 2.41. The topological polar surface area (TPSA) is 73.6 Å². The highest BCUT2D eigenvalue weighted by molar-refractivity contribution is 7.80. The standard InChI is InChI=1S/C26H31N5O2S/c1-17-16-20(18(2)31(17)22-12-6-5-10-19(22)25(32)33)24-23(21-11-7-8-13-27-21)28-26(34)30(24)15-9-14-29(3)4/h5-8,10-13,16,23-24H,9,14-15H2,1-4H3,(H,28,34)(H,32,33)/t23-,24-/m0/s1. The number of carboxylic acids is 1. The zero-order valence-electron chi connectivity index (χ0n) is 20.0. The number of hydrogen-bond donors (Lipinski definition) is 2. The monoisotopic (exact) mass is 477 g/mol. The molecule has 0 aliphatic carbocycles. The first-order chi connectivity index (χ1) is 16.3. The average molecular weight is 478 g/mol. The molecular formula is C26H31N5O2S. The second-order valence-electron chi connectivity index (χ2n) is 8.96. The molecule has 0 bridgehead atoms. The molecule has 2 aromatic heterocycles. The van der Waals surface area contributed by atoms with Crippen LogP contribution in [-0.4, -0.2) is 62.7 Å². The summed E-state index contributed by atoms with van der Waals surface area (Å²) in [7, 11) is 4.14. The number of hydrogen-bond acceptors (Lipinski definition) is 4. The van der Waals surface area contributed by atoms with Crippen LogP contribution in [0, 0.1) is 13.8 Å². The molecule has 34 heavy (non-hydrogen) atoms. The fraction of sp³-hybridized carbons (Fsp3) is 0.346. The number of para-hydroxylation sites is 1. The third-order valence-electron chi connectivity index (χ3n) is 6.37. The van der Waals surface area contributed by atoms with Gasteiger partial charge in [-0.05, 0) is 89.0 Å². The number of nitrogens with one attached hydrogen (secondary N) is 1. The van der Waals surface area contributed by atoms with Crippen molar-refractivity contribution in [2.45, 2.75) is 32.4 Å². The number of nitrogens with zero attached hydrogens (tertiary/aromatic N) is 4. The zero-order chi connectivity index (χ0) is 24.4. The first kappa shape index (κ1) is 23.9. The predicted molar refractivity (Wildman–Crippen MR) is 138 cm³/mol. The molecule has 0 radical (unpaired) electrons. The molecular weight excluding hydrogens is 446 g/mol. The molecule has 1 fully saturated rings. The number of aryl methyl sites for hydroxylation is 1. The smallest absolute Gasteiger partial charge is 0.337 e. The Hall–Kier alpha value is -3.23. The number of carbonyl (C=O) groups is 1. The Bertz CT molecular complexity index is 1190. The van der Waals surface area contributed by atoms with Gasteiger partial charge in [-0.1, -0.05) is 18.2 Å². The van der Waals surface area contributed by atoms with Gasteiger partial charge in [-0.2, -0.15) is 0 Å². The molecule has 1 aliphatic heterocycles. The second kappa shape index (κ2) is 9.95. The molecule has 0 unspecified atom stereocenters. The Kier molecular flexibility index (Phi) is 7.00. The van der Waals surface area contributed by atoms with Crippen molar-refractivity contribution in [3.8, 4) is 5.69 Å². The number of thiocarbonyl (C=S) groups is 1. The maximum atomic E-state index is 11.9. The van der Waals surface area contributed by atoms with Crippen LogP contribution >= 0.6 is 12.2 Å². The minimum absolute atomic E-state index is 0.0542. The minimum atomic E-state index is -0.940. The van der Waals surface area contributed by atoms with Gasteiger partial charge in [-0.25, -0.2) is 4.79 Å². The van der Waals surface area contributed by atoms with Gasteiger partial charge >= 0.3 is 5.97 Å². The van der Waals surface area contributed by atoms with Crippen molar-refractivity contribution < 1.29 is 9.90 Å². The number of rotatable bonds is 8. The number of carboxylic acid groups (broad SMARTS) is 1. The van der Waals surface area contributed by atoms with Gasteiger partial charge in [0.25, 0.3) is 0 Å². The molecule has 0 saturated carbocycles. The summed E-state index contributed by atoms with van der Waals surface area (Å²) in [4.78, 5) is 21.0. The van der Waals surface area contributed by atoms with Gasteiger partial charge in [-0.3, -0.25) is 4.98 Å². The van der Waals surface area contributed by atoms with Crippen LogP contribution in [-0.2, 0) is 0 Å². The lowest BCUT2D eigenvalue weighted by Gasteiger charge is -2.28. The molecule has 1 saturated heterocycles.